The van der Waals surface area contributed by atoms with Crippen LogP contribution in [0.15, 0.2) is 40.2 Å². The van der Waals surface area contributed by atoms with Gasteiger partial charge in [-0.15, -0.1) is 11.3 Å². The van der Waals surface area contributed by atoms with Crippen LogP contribution in [0.1, 0.15) is 39.4 Å². The highest BCUT2D eigenvalue weighted by atomic mass is 79.9. The van der Waals surface area contributed by atoms with E-state index in [-0.39, 0.29) is 11.8 Å². The number of carbonyl (C=O) groups excluding carboxylic acids is 2. The second-order valence-electron chi connectivity index (χ2n) is 4.96. The van der Waals surface area contributed by atoms with Crippen LogP contribution in [-0.4, -0.2) is 29.8 Å². The molecule has 0 radical (unpaired) electrons. The van der Waals surface area contributed by atoms with Gasteiger partial charge >= 0.3 is 0 Å². The van der Waals surface area contributed by atoms with Crippen molar-refractivity contribution in [3.63, 3.8) is 0 Å². The Bertz CT molecular complexity index is 678. The summed E-state index contributed by atoms with van der Waals surface area (Å²) >= 11 is 4.74. The van der Waals surface area contributed by atoms with Crippen molar-refractivity contribution in [3.8, 4) is 0 Å². The Kier molecular flexibility index (Phi) is 6.36. The minimum Gasteiger partial charge on any atom is -0.347 e. The van der Waals surface area contributed by atoms with E-state index in [1.54, 1.807) is 11.0 Å². The summed E-state index contributed by atoms with van der Waals surface area (Å²) in [6.07, 6.45) is 0. The van der Waals surface area contributed by atoms with Gasteiger partial charge in [0.1, 0.15) is 0 Å². The molecule has 23 heavy (non-hydrogen) atoms. The lowest BCUT2D eigenvalue weighted by molar-refractivity contribution is 0.0772. The Balaban J connectivity index is 1.95. The zero-order chi connectivity index (χ0) is 16.8. The second-order valence-corrected chi connectivity index (χ2v) is 7.42. The molecule has 2 aromatic rings. The number of hydrogen-bond acceptors (Lipinski definition) is 3. The topological polar surface area (TPSA) is 49.4 Å². The molecule has 0 saturated heterocycles. The van der Waals surface area contributed by atoms with Crippen molar-refractivity contribution < 1.29 is 9.59 Å². The molecule has 0 saturated carbocycles. The van der Waals surface area contributed by atoms with Crippen LogP contribution < -0.4 is 5.32 Å². The number of thiophene rings is 1. The molecule has 0 spiro atoms. The van der Waals surface area contributed by atoms with Crippen molar-refractivity contribution in [2.75, 3.05) is 13.1 Å². The third kappa shape index (κ3) is 4.65. The van der Waals surface area contributed by atoms with Crippen molar-refractivity contribution in [3.05, 3.63) is 56.2 Å². The smallest absolute Gasteiger partial charge is 0.261 e. The number of amides is 2. The Morgan fingerprint density at radius 3 is 2.26 bits per heavy atom. The molecule has 1 N–H and O–H groups in total. The molecule has 122 valence electrons. The van der Waals surface area contributed by atoms with E-state index in [9.17, 15) is 9.59 Å². The lowest BCUT2D eigenvalue weighted by Crippen LogP contribution is -2.30. The predicted molar refractivity (Wildman–Crippen MR) is 96.9 cm³/mol. The summed E-state index contributed by atoms with van der Waals surface area (Å²) < 4.78 is 0.932. The van der Waals surface area contributed by atoms with Crippen LogP contribution >= 0.6 is 27.3 Å². The van der Waals surface area contributed by atoms with Gasteiger partial charge in [0.2, 0.25) is 0 Å². The number of nitrogens with one attached hydrogen (secondary N) is 1. The molecule has 0 atom stereocenters. The molecule has 0 aliphatic rings. The molecule has 4 nitrogen and oxygen atoms in total. The Labute approximate surface area is 148 Å². The maximum absolute atomic E-state index is 12.2. The minimum atomic E-state index is -0.0935. The highest BCUT2D eigenvalue weighted by Crippen LogP contribution is 2.21. The van der Waals surface area contributed by atoms with Gasteiger partial charge in [0, 0.05) is 25.2 Å². The Morgan fingerprint density at radius 1 is 1.09 bits per heavy atom. The first-order chi connectivity index (χ1) is 11.0. The van der Waals surface area contributed by atoms with Crippen molar-refractivity contribution >= 4 is 39.1 Å². The van der Waals surface area contributed by atoms with Gasteiger partial charge in [0.05, 0.1) is 8.66 Å². The molecular weight excluding hydrogens is 376 g/mol. The van der Waals surface area contributed by atoms with Gasteiger partial charge in [-0.2, -0.15) is 0 Å². The van der Waals surface area contributed by atoms with E-state index in [2.05, 4.69) is 21.2 Å². The van der Waals surface area contributed by atoms with E-state index in [1.165, 1.54) is 11.3 Å². The minimum absolute atomic E-state index is 0.0361. The average molecular weight is 395 g/mol. The Morgan fingerprint density at radius 2 is 1.74 bits per heavy atom. The summed E-state index contributed by atoms with van der Waals surface area (Å²) in [5.74, 6) is -0.0574. The number of carbonyl (C=O) groups is 2. The van der Waals surface area contributed by atoms with E-state index in [4.69, 9.17) is 0 Å². The van der Waals surface area contributed by atoms with E-state index in [1.807, 2.05) is 44.2 Å². The number of rotatable bonds is 6. The highest BCUT2D eigenvalue weighted by Gasteiger charge is 2.12. The fraction of sp³-hybridized carbons (Fsp3) is 0.294. The monoisotopic (exact) mass is 394 g/mol. The zero-order valence-electron chi connectivity index (χ0n) is 13.1. The van der Waals surface area contributed by atoms with Gasteiger partial charge in [-0.1, -0.05) is 12.1 Å². The molecule has 2 amide bonds. The van der Waals surface area contributed by atoms with Crippen LogP contribution in [0.3, 0.4) is 0 Å². The lowest BCUT2D eigenvalue weighted by Gasteiger charge is -2.18. The third-order valence-corrected chi connectivity index (χ3v) is 5.12. The molecule has 1 aromatic heterocycles. The molecule has 0 aliphatic carbocycles. The van der Waals surface area contributed by atoms with Crippen molar-refractivity contribution in [2.45, 2.75) is 20.4 Å². The molecule has 0 bridgehead atoms. The van der Waals surface area contributed by atoms with Gasteiger partial charge in [-0.3, -0.25) is 9.59 Å². The van der Waals surface area contributed by atoms with Crippen LogP contribution in [0.25, 0.3) is 0 Å². The molecule has 0 unspecified atom stereocenters. The fourth-order valence-electron chi connectivity index (χ4n) is 2.16. The summed E-state index contributed by atoms with van der Waals surface area (Å²) in [5.41, 5.74) is 1.64. The van der Waals surface area contributed by atoms with Crippen molar-refractivity contribution in [1.29, 1.82) is 0 Å². The van der Waals surface area contributed by atoms with Crippen LogP contribution in [-0.2, 0) is 6.54 Å². The van der Waals surface area contributed by atoms with Crippen LogP contribution in [0.4, 0.5) is 0 Å². The SMILES string of the molecule is CCN(CC)C(=O)c1ccc(CNC(=O)c2ccc(Br)s2)cc1. The number of nitrogens with zero attached hydrogens (tertiary/aromatic N) is 1. The van der Waals surface area contributed by atoms with E-state index in [0.717, 1.165) is 9.35 Å². The van der Waals surface area contributed by atoms with E-state index < -0.39 is 0 Å². The first-order valence-corrected chi connectivity index (χ1v) is 9.07. The van der Waals surface area contributed by atoms with Crippen molar-refractivity contribution in [1.82, 2.24) is 10.2 Å². The second kappa shape index (κ2) is 8.26. The number of hydrogen-bond donors (Lipinski definition) is 1. The quantitative estimate of drug-likeness (QED) is 0.806. The van der Waals surface area contributed by atoms with Crippen molar-refractivity contribution in [2.24, 2.45) is 0 Å². The van der Waals surface area contributed by atoms with Gasteiger partial charge < -0.3 is 10.2 Å². The first kappa shape index (κ1) is 17.7. The number of halogens is 1. The summed E-state index contributed by atoms with van der Waals surface area (Å²) in [6.45, 7) is 5.77. The predicted octanol–water partition coefficient (Wildman–Crippen LogP) is 3.92. The summed E-state index contributed by atoms with van der Waals surface area (Å²) in [6, 6.07) is 11.0. The standard InChI is InChI=1S/C17H19BrN2O2S/c1-3-20(4-2)17(22)13-7-5-12(6-8-13)11-19-16(21)14-9-10-15(18)23-14/h5-10H,3-4,11H2,1-2H3,(H,19,21). The van der Waals surface area contributed by atoms with Crippen LogP contribution in [0.5, 0.6) is 0 Å². The van der Waals surface area contributed by atoms with E-state index in [0.29, 0.717) is 30.1 Å². The van der Waals surface area contributed by atoms with Gasteiger partial charge in [0.15, 0.2) is 0 Å². The maximum Gasteiger partial charge on any atom is 0.261 e. The first-order valence-electron chi connectivity index (χ1n) is 7.46. The highest BCUT2D eigenvalue weighted by molar-refractivity contribution is 9.11. The molecule has 2 rings (SSSR count). The number of benzene rings is 1. The van der Waals surface area contributed by atoms with Gasteiger partial charge in [-0.25, -0.2) is 0 Å². The molecular formula is C17H19BrN2O2S. The normalized spacial score (nSPS) is 10.4. The third-order valence-electron chi connectivity index (χ3n) is 3.50. The Hall–Kier alpha value is -1.66. The molecule has 6 heteroatoms. The molecule has 0 fully saturated rings. The fourth-order valence-corrected chi connectivity index (χ4v) is 3.47. The zero-order valence-corrected chi connectivity index (χ0v) is 15.5. The maximum atomic E-state index is 12.2. The average Bonchev–Trinajstić information content (AvgIpc) is 3.00. The summed E-state index contributed by atoms with van der Waals surface area (Å²) in [5, 5.41) is 2.88. The van der Waals surface area contributed by atoms with Crippen LogP contribution in [0, 0.1) is 0 Å². The van der Waals surface area contributed by atoms with Crippen LogP contribution in [0.2, 0.25) is 0 Å². The van der Waals surface area contributed by atoms with Gasteiger partial charge in [0.25, 0.3) is 11.8 Å². The molecule has 1 heterocycles. The summed E-state index contributed by atoms with van der Waals surface area (Å²) in [7, 11) is 0. The lowest BCUT2D eigenvalue weighted by atomic mass is 10.1. The molecule has 1 aromatic carbocycles. The summed E-state index contributed by atoms with van der Waals surface area (Å²) in [4.78, 5) is 26.7. The van der Waals surface area contributed by atoms with E-state index >= 15 is 0 Å². The van der Waals surface area contributed by atoms with Gasteiger partial charge in [-0.05, 0) is 59.6 Å². The largest absolute Gasteiger partial charge is 0.347 e. The molecule has 0 aliphatic heterocycles.